The molecule has 0 unspecified atom stereocenters. The van der Waals surface area contributed by atoms with Gasteiger partial charge in [-0.2, -0.15) is 0 Å². The molecule has 2 heteroatoms. The highest BCUT2D eigenvalue weighted by Crippen LogP contribution is 2.15. The maximum atomic E-state index is 4.46. The van der Waals surface area contributed by atoms with Crippen LogP contribution in [0.4, 0.5) is 0 Å². The van der Waals surface area contributed by atoms with Gasteiger partial charge in [-0.15, -0.1) is 0 Å². The molecule has 24 heavy (non-hydrogen) atoms. The molecule has 0 aliphatic heterocycles. The van der Waals surface area contributed by atoms with Crippen molar-refractivity contribution in [2.75, 3.05) is 0 Å². The lowest BCUT2D eigenvalue weighted by atomic mass is 10.0. The van der Waals surface area contributed by atoms with Crippen LogP contribution in [0.5, 0.6) is 0 Å². The van der Waals surface area contributed by atoms with Gasteiger partial charge in [-0.1, -0.05) is 96.1 Å². The molecule has 1 aromatic heterocycles. The SMILES string of the molecule is CCCCCCCCCCCCCCCn1cnc2ccccc21. The highest BCUT2D eigenvalue weighted by atomic mass is 15.0. The van der Waals surface area contributed by atoms with Gasteiger partial charge in [0.1, 0.15) is 0 Å². The van der Waals surface area contributed by atoms with Crippen LogP contribution in [-0.2, 0) is 6.54 Å². The van der Waals surface area contributed by atoms with E-state index in [1.165, 1.54) is 89.0 Å². The number of imidazole rings is 1. The van der Waals surface area contributed by atoms with Crippen molar-refractivity contribution in [1.29, 1.82) is 0 Å². The van der Waals surface area contributed by atoms with Crippen LogP contribution in [0.3, 0.4) is 0 Å². The summed E-state index contributed by atoms with van der Waals surface area (Å²) in [6.07, 6.45) is 20.4. The van der Waals surface area contributed by atoms with Crippen LogP contribution in [0.2, 0.25) is 0 Å². The average Bonchev–Trinajstić information content (AvgIpc) is 3.02. The van der Waals surface area contributed by atoms with Crippen molar-refractivity contribution >= 4 is 11.0 Å². The summed E-state index contributed by atoms with van der Waals surface area (Å²) in [6.45, 7) is 3.40. The molecule has 1 aromatic carbocycles. The van der Waals surface area contributed by atoms with Crippen molar-refractivity contribution < 1.29 is 0 Å². The second-order valence-electron chi connectivity index (χ2n) is 7.17. The van der Waals surface area contributed by atoms with E-state index in [1.807, 2.05) is 6.33 Å². The molecule has 0 fully saturated rings. The van der Waals surface area contributed by atoms with E-state index in [-0.39, 0.29) is 0 Å². The zero-order valence-corrected chi connectivity index (χ0v) is 15.7. The van der Waals surface area contributed by atoms with Gasteiger partial charge >= 0.3 is 0 Å². The first kappa shape index (κ1) is 19.0. The zero-order valence-electron chi connectivity index (χ0n) is 15.7. The van der Waals surface area contributed by atoms with Crippen molar-refractivity contribution in [3.63, 3.8) is 0 Å². The molecular formula is C22H36N2. The van der Waals surface area contributed by atoms with Crippen LogP contribution in [0, 0.1) is 0 Å². The molecule has 0 aliphatic carbocycles. The van der Waals surface area contributed by atoms with Crippen molar-refractivity contribution in [1.82, 2.24) is 9.55 Å². The lowest BCUT2D eigenvalue weighted by Crippen LogP contribution is -1.95. The zero-order chi connectivity index (χ0) is 16.9. The lowest BCUT2D eigenvalue weighted by molar-refractivity contribution is 0.528. The molecular weight excluding hydrogens is 292 g/mol. The molecule has 2 rings (SSSR count). The van der Waals surface area contributed by atoms with Crippen molar-refractivity contribution in [2.45, 2.75) is 96.9 Å². The van der Waals surface area contributed by atoms with E-state index in [9.17, 15) is 0 Å². The van der Waals surface area contributed by atoms with Crippen molar-refractivity contribution in [2.24, 2.45) is 0 Å². The summed E-state index contributed by atoms with van der Waals surface area (Å²) < 4.78 is 2.30. The molecule has 0 atom stereocenters. The molecule has 134 valence electrons. The number of nitrogens with zero attached hydrogens (tertiary/aromatic N) is 2. The highest BCUT2D eigenvalue weighted by Gasteiger charge is 2.00. The third-order valence-corrected chi connectivity index (χ3v) is 5.03. The summed E-state index contributed by atoms with van der Waals surface area (Å²) in [5, 5.41) is 0. The minimum atomic E-state index is 1.11. The van der Waals surface area contributed by atoms with Gasteiger partial charge in [-0.25, -0.2) is 4.98 Å². The minimum absolute atomic E-state index is 1.11. The van der Waals surface area contributed by atoms with Crippen LogP contribution in [-0.4, -0.2) is 9.55 Å². The van der Waals surface area contributed by atoms with Crippen LogP contribution in [0.15, 0.2) is 30.6 Å². The van der Waals surface area contributed by atoms with E-state index in [4.69, 9.17) is 0 Å². The number of unbranched alkanes of at least 4 members (excludes halogenated alkanes) is 12. The Morgan fingerprint density at radius 1 is 0.708 bits per heavy atom. The first-order valence-electron chi connectivity index (χ1n) is 10.3. The molecule has 2 aromatic rings. The topological polar surface area (TPSA) is 17.8 Å². The monoisotopic (exact) mass is 328 g/mol. The number of rotatable bonds is 14. The molecule has 0 spiro atoms. The average molecular weight is 329 g/mol. The predicted molar refractivity (Wildman–Crippen MR) is 105 cm³/mol. The Kier molecular flexibility index (Phi) is 9.60. The molecule has 0 bridgehead atoms. The Morgan fingerprint density at radius 2 is 1.25 bits per heavy atom. The second kappa shape index (κ2) is 12.1. The molecule has 0 amide bonds. The normalized spacial score (nSPS) is 11.4. The fraction of sp³-hybridized carbons (Fsp3) is 0.682. The fourth-order valence-electron chi connectivity index (χ4n) is 3.49. The van der Waals surface area contributed by atoms with E-state index in [1.54, 1.807) is 0 Å². The van der Waals surface area contributed by atoms with Gasteiger partial charge in [-0.3, -0.25) is 0 Å². The van der Waals surface area contributed by atoms with Crippen LogP contribution < -0.4 is 0 Å². The van der Waals surface area contributed by atoms with Gasteiger partial charge in [0.2, 0.25) is 0 Å². The van der Waals surface area contributed by atoms with Crippen LogP contribution in [0.1, 0.15) is 90.4 Å². The highest BCUT2D eigenvalue weighted by molar-refractivity contribution is 5.74. The van der Waals surface area contributed by atoms with Gasteiger partial charge in [-0.05, 0) is 18.6 Å². The Bertz CT molecular complexity index is 544. The number of hydrogen-bond acceptors (Lipinski definition) is 1. The third-order valence-electron chi connectivity index (χ3n) is 5.03. The quantitative estimate of drug-likeness (QED) is 0.337. The molecule has 0 N–H and O–H groups in total. The van der Waals surface area contributed by atoms with Gasteiger partial charge in [0.15, 0.2) is 0 Å². The fourth-order valence-corrected chi connectivity index (χ4v) is 3.49. The first-order chi connectivity index (χ1) is 11.9. The molecule has 0 saturated heterocycles. The molecule has 0 radical (unpaired) electrons. The van der Waals surface area contributed by atoms with Crippen molar-refractivity contribution in [3.8, 4) is 0 Å². The molecule has 1 heterocycles. The van der Waals surface area contributed by atoms with Crippen molar-refractivity contribution in [3.05, 3.63) is 30.6 Å². The van der Waals surface area contributed by atoms with E-state index < -0.39 is 0 Å². The van der Waals surface area contributed by atoms with Gasteiger partial charge < -0.3 is 4.57 Å². The first-order valence-corrected chi connectivity index (χ1v) is 10.3. The molecule has 0 saturated carbocycles. The van der Waals surface area contributed by atoms with E-state index >= 15 is 0 Å². The summed E-state index contributed by atoms with van der Waals surface area (Å²) in [6, 6.07) is 8.43. The molecule has 0 aliphatic rings. The number of para-hydroxylation sites is 2. The maximum absolute atomic E-state index is 4.46. The summed E-state index contributed by atoms with van der Waals surface area (Å²) in [7, 11) is 0. The number of benzene rings is 1. The Balaban J connectivity index is 1.41. The van der Waals surface area contributed by atoms with E-state index in [2.05, 4.69) is 40.7 Å². The Morgan fingerprint density at radius 3 is 1.88 bits per heavy atom. The molecule has 2 nitrogen and oxygen atoms in total. The Labute approximate surface area is 148 Å². The summed E-state index contributed by atoms with van der Waals surface area (Å²) in [4.78, 5) is 4.46. The minimum Gasteiger partial charge on any atom is -0.331 e. The van der Waals surface area contributed by atoms with E-state index in [0.717, 1.165) is 12.1 Å². The van der Waals surface area contributed by atoms with Gasteiger partial charge in [0.25, 0.3) is 0 Å². The number of aromatic nitrogens is 2. The second-order valence-corrected chi connectivity index (χ2v) is 7.17. The number of fused-ring (bicyclic) bond motifs is 1. The standard InChI is InChI=1S/C22H36N2/c1-2-3-4-5-6-7-8-9-10-11-12-13-16-19-24-20-23-21-17-14-15-18-22(21)24/h14-15,17-18,20H,2-13,16,19H2,1H3. The summed E-state index contributed by atoms with van der Waals surface area (Å²) in [5.41, 5.74) is 2.39. The van der Waals surface area contributed by atoms with Crippen LogP contribution >= 0.6 is 0 Å². The van der Waals surface area contributed by atoms with Crippen LogP contribution in [0.25, 0.3) is 11.0 Å². The number of aryl methyl sites for hydroxylation is 1. The number of hydrogen-bond donors (Lipinski definition) is 0. The van der Waals surface area contributed by atoms with E-state index in [0.29, 0.717) is 0 Å². The summed E-state index contributed by atoms with van der Waals surface area (Å²) >= 11 is 0. The summed E-state index contributed by atoms with van der Waals surface area (Å²) in [5.74, 6) is 0. The smallest absolute Gasteiger partial charge is 0.0958 e. The van der Waals surface area contributed by atoms with Gasteiger partial charge in [0.05, 0.1) is 17.4 Å². The maximum Gasteiger partial charge on any atom is 0.0958 e. The Hall–Kier alpha value is -1.31. The lowest BCUT2D eigenvalue weighted by Gasteiger charge is -2.05. The predicted octanol–water partition coefficient (Wildman–Crippen LogP) is 7.13. The largest absolute Gasteiger partial charge is 0.331 e. The van der Waals surface area contributed by atoms with Gasteiger partial charge in [0, 0.05) is 6.54 Å². The third kappa shape index (κ3) is 7.07.